The van der Waals surface area contributed by atoms with Crippen molar-refractivity contribution >= 4 is 22.8 Å². The minimum absolute atomic E-state index is 0.199. The molecule has 0 unspecified atom stereocenters. The van der Waals surface area contributed by atoms with E-state index < -0.39 is 0 Å². The molecule has 2 aromatic heterocycles. The first-order chi connectivity index (χ1) is 13.6. The molecule has 4 rings (SSSR count). The molecule has 0 amide bonds. The van der Waals surface area contributed by atoms with E-state index in [1.54, 1.807) is 11.8 Å². The molecule has 0 fully saturated rings. The van der Waals surface area contributed by atoms with Crippen molar-refractivity contribution in [1.29, 1.82) is 0 Å². The number of hydrogen-bond donors (Lipinski definition) is 1. The Kier molecular flexibility index (Phi) is 4.92. The van der Waals surface area contributed by atoms with E-state index in [9.17, 15) is 4.79 Å². The van der Waals surface area contributed by atoms with Crippen molar-refractivity contribution in [2.45, 2.75) is 24.8 Å². The van der Waals surface area contributed by atoms with E-state index in [0.29, 0.717) is 21.9 Å². The van der Waals surface area contributed by atoms with E-state index in [0.717, 1.165) is 11.4 Å². The molecule has 0 saturated heterocycles. The van der Waals surface area contributed by atoms with Gasteiger partial charge in [-0.2, -0.15) is 5.10 Å². The summed E-state index contributed by atoms with van der Waals surface area (Å²) in [6, 6.07) is 13.9. The second kappa shape index (κ2) is 7.52. The van der Waals surface area contributed by atoms with Crippen LogP contribution in [0.15, 0.2) is 58.6 Å². The molecular formula is C21H20N4O2S. The third-order valence-electron chi connectivity index (χ3n) is 4.60. The van der Waals surface area contributed by atoms with Crippen molar-refractivity contribution in [3.8, 4) is 11.4 Å². The molecule has 0 saturated carbocycles. The Morgan fingerprint density at radius 3 is 2.82 bits per heavy atom. The van der Waals surface area contributed by atoms with Crippen LogP contribution in [0.2, 0.25) is 0 Å². The van der Waals surface area contributed by atoms with Gasteiger partial charge in [0.05, 0.1) is 13.3 Å². The zero-order valence-corrected chi connectivity index (χ0v) is 16.7. The third-order valence-corrected chi connectivity index (χ3v) is 5.52. The minimum Gasteiger partial charge on any atom is -0.494 e. The van der Waals surface area contributed by atoms with Crippen LogP contribution >= 0.6 is 11.8 Å². The van der Waals surface area contributed by atoms with Gasteiger partial charge in [-0.15, -0.1) is 0 Å². The largest absolute Gasteiger partial charge is 0.494 e. The van der Waals surface area contributed by atoms with E-state index >= 15 is 0 Å². The Balaban J connectivity index is 1.73. The quantitative estimate of drug-likeness (QED) is 0.410. The van der Waals surface area contributed by atoms with Gasteiger partial charge in [-0.3, -0.25) is 4.79 Å². The summed E-state index contributed by atoms with van der Waals surface area (Å²) < 4.78 is 7.07. The Bertz CT molecular complexity index is 1210. The molecule has 0 aliphatic carbocycles. The first kappa shape index (κ1) is 18.3. The summed E-state index contributed by atoms with van der Waals surface area (Å²) in [5.41, 5.74) is 4.72. The molecule has 0 aliphatic heterocycles. The number of H-pyrrole nitrogens is 1. The SMILES string of the molecule is COc1ccccc1-n1ncc2c(=O)[nH]c(SCc3cc(C)ccc3C)nc21. The lowest BCUT2D eigenvalue weighted by Gasteiger charge is -2.09. The van der Waals surface area contributed by atoms with E-state index in [1.807, 2.05) is 24.3 Å². The number of aromatic amines is 1. The molecule has 6 nitrogen and oxygen atoms in total. The molecule has 1 N–H and O–H groups in total. The van der Waals surface area contributed by atoms with Gasteiger partial charge in [-0.05, 0) is 37.1 Å². The molecule has 4 aromatic rings. The normalized spacial score (nSPS) is 11.1. The first-order valence-corrected chi connectivity index (χ1v) is 9.86. The summed E-state index contributed by atoms with van der Waals surface area (Å²) in [4.78, 5) is 20.1. The number of aromatic nitrogens is 4. The molecule has 2 heterocycles. The van der Waals surface area contributed by atoms with Gasteiger partial charge < -0.3 is 9.72 Å². The first-order valence-electron chi connectivity index (χ1n) is 8.87. The number of nitrogens with one attached hydrogen (secondary N) is 1. The van der Waals surface area contributed by atoms with E-state index in [4.69, 9.17) is 4.74 Å². The maximum Gasteiger partial charge on any atom is 0.262 e. The van der Waals surface area contributed by atoms with E-state index in [2.05, 4.69) is 47.1 Å². The van der Waals surface area contributed by atoms with Gasteiger partial charge in [0.1, 0.15) is 16.8 Å². The monoisotopic (exact) mass is 392 g/mol. The van der Waals surface area contributed by atoms with Crippen LogP contribution in [-0.2, 0) is 5.75 Å². The topological polar surface area (TPSA) is 72.8 Å². The van der Waals surface area contributed by atoms with Crippen LogP contribution in [0.5, 0.6) is 5.75 Å². The van der Waals surface area contributed by atoms with Crippen LogP contribution in [0.1, 0.15) is 16.7 Å². The van der Waals surface area contributed by atoms with Crippen molar-refractivity contribution in [3.05, 3.63) is 75.7 Å². The van der Waals surface area contributed by atoms with Gasteiger partial charge in [0.15, 0.2) is 10.8 Å². The number of nitrogens with zero attached hydrogens (tertiary/aromatic N) is 3. The summed E-state index contributed by atoms with van der Waals surface area (Å²) in [6.45, 7) is 4.16. The summed E-state index contributed by atoms with van der Waals surface area (Å²) in [5, 5.41) is 5.38. The average Bonchev–Trinajstić information content (AvgIpc) is 3.13. The van der Waals surface area contributed by atoms with Crippen molar-refractivity contribution in [1.82, 2.24) is 19.7 Å². The Hall–Kier alpha value is -3.06. The summed E-state index contributed by atoms with van der Waals surface area (Å²) in [6.07, 6.45) is 1.53. The number of rotatable bonds is 5. The molecule has 0 radical (unpaired) electrons. The van der Waals surface area contributed by atoms with Gasteiger partial charge in [0, 0.05) is 5.75 Å². The molecule has 0 spiro atoms. The highest BCUT2D eigenvalue weighted by atomic mass is 32.2. The van der Waals surface area contributed by atoms with Crippen molar-refractivity contribution in [2.75, 3.05) is 7.11 Å². The fraction of sp³-hybridized carbons (Fsp3) is 0.190. The van der Waals surface area contributed by atoms with Crippen LogP contribution in [0, 0.1) is 13.8 Å². The lowest BCUT2D eigenvalue weighted by molar-refractivity contribution is 0.412. The number of benzene rings is 2. The highest BCUT2D eigenvalue weighted by Gasteiger charge is 2.14. The van der Waals surface area contributed by atoms with Gasteiger partial charge in [-0.25, -0.2) is 9.67 Å². The number of ether oxygens (including phenoxy) is 1. The fourth-order valence-electron chi connectivity index (χ4n) is 3.05. The number of hydrogen-bond acceptors (Lipinski definition) is 5. The van der Waals surface area contributed by atoms with Crippen LogP contribution in [0.25, 0.3) is 16.7 Å². The highest BCUT2D eigenvalue weighted by Crippen LogP contribution is 2.26. The van der Waals surface area contributed by atoms with E-state index in [1.165, 1.54) is 34.6 Å². The van der Waals surface area contributed by atoms with Crippen molar-refractivity contribution in [3.63, 3.8) is 0 Å². The Morgan fingerprint density at radius 1 is 1.18 bits per heavy atom. The van der Waals surface area contributed by atoms with Gasteiger partial charge >= 0.3 is 0 Å². The lowest BCUT2D eigenvalue weighted by Crippen LogP contribution is -2.10. The van der Waals surface area contributed by atoms with Gasteiger partial charge in [-0.1, -0.05) is 47.7 Å². The summed E-state index contributed by atoms with van der Waals surface area (Å²) in [5.74, 6) is 1.39. The number of thioether (sulfide) groups is 1. The van der Waals surface area contributed by atoms with Gasteiger partial charge in [0.2, 0.25) is 0 Å². The smallest absolute Gasteiger partial charge is 0.262 e. The molecule has 7 heteroatoms. The minimum atomic E-state index is -0.199. The molecule has 2 aromatic carbocycles. The number of fused-ring (bicyclic) bond motifs is 1. The maximum atomic E-state index is 12.5. The van der Waals surface area contributed by atoms with Crippen LogP contribution in [-0.4, -0.2) is 26.9 Å². The lowest BCUT2D eigenvalue weighted by atomic mass is 10.1. The standard InChI is InChI=1S/C21H20N4O2S/c1-13-8-9-14(2)15(10-13)12-28-21-23-19-16(20(26)24-21)11-22-25(19)17-6-4-5-7-18(17)27-3/h4-11H,12H2,1-3H3,(H,23,24,26). The third kappa shape index (κ3) is 3.41. The predicted molar refractivity (Wildman–Crippen MR) is 112 cm³/mol. The Labute approximate surface area is 166 Å². The molecule has 28 heavy (non-hydrogen) atoms. The number of para-hydroxylation sites is 2. The molecule has 0 atom stereocenters. The molecular weight excluding hydrogens is 372 g/mol. The van der Waals surface area contributed by atoms with Crippen LogP contribution < -0.4 is 10.3 Å². The number of aryl methyl sites for hydroxylation is 2. The average molecular weight is 392 g/mol. The Morgan fingerprint density at radius 2 is 2.00 bits per heavy atom. The molecule has 0 bridgehead atoms. The molecule has 142 valence electrons. The highest BCUT2D eigenvalue weighted by molar-refractivity contribution is 7.98. The second-order valence-electron chi connectivity index (χ2n) is 6.56. The van der Waals surface area contributed by atoms with Crippen LogP contribution in [0.3, 0.4) is 0 Å². The number of methoxy groups -OCH3 is 1. The fourth-order valence-corrected chi connectivity index (χ4v) is 3.97. The zero-order valence-electron chi connectivity index (χ0n) is 15.9. The van der Waals surface area contributed by atoms with Crippen molar-refractivity contribution < 1.29 is 4.74 Å². The predicted octanol–water partition coefficient (Wildman–Crippen LogP) is 4.03. The van der Waals surface area contributed by atoms with Crippen molar-refractivity contribution in [2.24, 2.45) is 0 Å². The van der Waals surface area contributed by atoms with Gasteiger partial charge in [0.25, 0.3) is 5.56 Å². The second-order valence-corrected chi connectivity index (χ2v) is 7.52. The summed E-state index contributed by atoms with van der Waals surface area (Å²) >= 11 is 1.50. The zero-order chi connectivity index (χ0) is 19.7. The maximum absolute atomic E-state index is 12.5. The van der Waals surface area contributed by atoms with E-state index in [-0.39, 0.29) is 5.56 Å². The summed E-state index contributed by atoms with van der Waals surface area (Å²) in [7, 11) is 1.61. The molecule has 0 aliphatic rings. The van der Waals surface area contributed by atoms with Crippen LogP contribution in [0.4, 0.5) is 0 Å².